The topological polar surface area (TPSA) is 97.3 Å². The van der Waals surface area contributed by atoms with Crippen LogP contribution in [0.25, 0.3) is 15.5 Å². The third-order valence-corrected chi connectivity index (χ3v) is 4.97. The number of rotatable bonds is 4. The second kappa shape index (κ2) is 7.25. The summed E-state index contributed by atoms with van der Waals surface area (Å²) in [5.74, 6) is 0.591. The highest BCUT2D eigenvalue weighted by atomic mass is 32.1. The summed E-state index contributed by atoms with van der Waals surface area (Å²) in [6, 6.07) is 11.2. The van der Waals surface area contributed by atoms with Crippen molar-refractivity contribution in [2.75, 3.05) is 0 Å². The lowest BCUT2D eigenvalue weighted by Crippen LogP contribution is -2.38. The molecule has 136 valence electrons. The minimum atomic E-state index is -0.383. The average molecular weight is 398 g/mol. The number of fused-ring (bicyclic) bond motifs is 1. The molecule has 4 aromatic rings. The van der Waals surface area contributed by atoms with Gasteiger partial charge in [-0.3, -0.25) is 10.1 Å². The van der Waals surface area contributed by atoms with Crippen LogP contribution in [0.1, 0.15) is 21.9 Å². The Labute approximate surface area is 163 Å². The van der Waals surface area contributed by atoms with Crippen LogP contribution in [0.5, 0.6) is 0 Å². The van der Waals surface area contributed by atoms with Gasteiger partial charge in [0.2, 0.25) is 4.96 Å². The summed E-state index contributed by atoms with van der Waals surface area (Å²) in [6.45, 7) is 2.35. The van der Waals surface area contributed by atoms with E-state index in [4.69, 9.17) is 16.6 Å². The molecule has 1 aromatic carbocycles. The average Bonchev–Trinajstić information content (AvgIpc) is 3.40. The van der Waals surface area contributed by atoms with Crippen LogP contribution in [0.3, 0.4) is 0 Å². The summed E-state index contributed by atoms with van der Waals surface area (Å²) in [5, 5.41) is 19.3. The van der Waals surface area contributed by atoms with E-state index in [0.29, 0.717) is 6.54 Å². The summed E-state index contributed by atoms with van der Waals surface area (Å²) >= 11 is 6.62. The minimum Gasteiger partial charge on any atom is -0.459 e. The number of nitrogens with zero attached hydrogens (tertiary/aromatic N) is 4. The number of hydrogen-bond donors (Lipinski definition) is 2. The minimum absolute atomic E-state index is 0.212. The van der Waals surface area contributed by atoms with Gasteiger partial charge in [0.15, 0.2) is 16.7 Å². The van der Waals surface area contributed by atoms with E-state index in [-0.39, 0.29) is 16.8 Å². The van der Waals surface area contributed by atoms with E-state index < -0.39 is 0 Å². The summed E-state index contributed by atoms with van der Waals surface area (Å²) in [7, 11) is 0. The highest BCUT2D eigenvalue weighted by molar-refractivity contribution is 7.80. The maximum Gasteiger partial charge on any atom is 0.293 e. The molecule has 1 amide bonds. The Kier molecular flexibility index (Phi) is 4.65. The van der Waals surface area contributed by atoms with Crippen LogP contribution in [0, 0.1) is 6.92 Å². The molecule has 0 radical (unpaired) electrons. The molecule has 0 atom stereocenters. The van der Waals surface area contributed by atoms with Gasteiger partial charge in [0.05, 0.1) is 6.26 Å². The molecule has 3 aromatic heterocycles. The van der Waals surface area contributed by atoms with Crippen molar-refractivity contribution in [1.82, 2.24) is 30.4 Å². The summed E-state index contributed by atoms with van der Waals surface area (Å²) < 4.78 is 6.75. The number of aromatic nitrogens is 4. The largest absolute Gasteiger partial charge is 0.459 e. The van der Waals surface area contributed by atoms with Crippen molar-refractivity contribution in [2.45, 2.75) is 13.5 Å². The summed E-state index contributed by atoms with van der Waals surface area (Å²) in [5.41, 5.74) is 2.02. The first-order chi connectivity index (χ1) is 13.1. The highest BCUT2D eigenvalue weighted by Crippen LogP contribution is 2.25. The molecule has 0 saturated carbocycles. The van der Waals surface area contributed by atoms with Gasteiger partial charge < -0.3 is 9.73 Å². The molecular weight excluding hydrogens is 384 g/mol. The molecule has 0 aliphatic carbocycles. The fraction of sp³-hybridized carbons (Fsp3) is 0.118. The van der Waals surface area contributed by atoms with Crippen molar-refractivity contribution in [3.63, 3.8) is 0 Å². The van der Waals surface area contributed by atoms with Crippen LogP contribution < -0.4 is 10.6 Å². The molecule has 0 bridgehead atoms. The maximum atomic E-state index is 11.9. The van der Waals surface area contributed by atoms with E-state index in [0.717, 1.165) is 26.9 Å². The van der Waals surface area contributed by atoms with Gasteiger partial charge in [-0.25, -0.2) is 0 Å². The summed E-state index contributed by atoms with van der Waals surface area (Å²) in [6.07, 6.45) is 1.44. The van der Waals surface area contributed by atoms with E-state index >= 15 is 0 Å². The number of carbonyl (C=O) groups excluding carboxylic acids is 1. The van der Waals surface area contributed by atoms with Crippen LogP contribution in [-0.2, 0) is 6.54 Å². The second-order valence-electron chi connectivity index (χ2n) is 5.66. The van der Waals surface area contributed by atoms with Gasteiger partial charge in [-0.15, -0.1) is 10.2 Å². The Bertz CT molecular complexity index is 1100. The van der Waals surface area contributed by atoms with E-state index in [1.165, 1.54) is 17.6 Å². The molecule has 3 heterocycles. The van der Waals surface area contributed by atoms with E-state index in [2.05, 4.69) is 25.9 Å². The van der Waals surface area contributed by atoms with Crippen LogP contribution in [0.15, 0.2) is 47.1 Å². The van der Waals surface area contributed by atoms with Gasteiger partial charge in [-0.2, -0.15) is 9.61 Å². The molecule has 0 spiro atoms. The number of carbonyl (C=O) groups is 1. The van der Waals surface area contributed by atoms with Gasteiger partial charge >= 0.3 is 0 Å². The smallest absolute Gasteiger partial charge is 0.293 e. The number of aryl methyl sites for hydroxylation is 1. The lowest BCUT2D eigenvalue weighted by Gasteiger charge is -2.09. The predicted molar refractivity (Wildman–Crippen MR) is 104 cm³/mol. The van der Waals surface area contributed by atoms with Crippen LogP contribution in [0.2, 0.25) is 0 Å². The van der Waals surface area contributed by atoms with Crippen LogP contribution in [-0.4, -0.2) is 30.8 Å². The van der Waals surface area contributed by atoms with Crippen molar-refractivity contribution in [3.05, 3.63) is 59.8 Å². The fourth-order valence-electron chi connectivity index (χ4n) is 2.40. The highest BCUT2D eigenvalue weighted by Gasteiger charge is 2.11. The van der Waals surface area contributed by atoms with E-state index in [9.17, 15) is 4.79 Å². The normalized spacial score (nSPS) is 10.9. The first kappa shape index (κ1) is 17.3. The van der Waals surface area contributed by atoms with Gasteiger partial charge in [-0.1, -0.05) is 35.6 Å². The monoisotopic (exact) mass is 398 g/mol. The first-order valence-electron chi connectivity index (χ1n) is 8.01. The van der Waals surface area contributed by atoms with E-state index in [1.54, 1.807) is 16.6 Å². The van der Waals surface area contributed by atoms with Gasteiger partial charge in [0.25, 0.3) is 5.91 Å². The number of hydrogen-bond acceptors (Lipinski definition) is 7. The van der Waals surface area contributed by atoms with Crippen LogP contribution in [0.4, 0.5) is 0 Å². The standard InChI is InChI=1S/C17H14N6O2S2/c1-10-20-21-17-23(10)22-15(27-17)12-6-4-11(5-7-12)9-18-16(26)19-14(24)13-3-2-8-25-13/h2-8H,9H2,1H3,(H2,18,19,24,26). The van der Waals surface area contributed by atoms with Crippen molar-refractivity contribution in [2.24, 2.45) is 0 Å². The number of amides is 1. The Morgan fingerprint density at radius 3 is 2.78 bits per heavy atom. The van der Waals surface area contributed by atoms with Gasteiger partial charge in [0.1, 0.15) is 5.01 Å². The van der Waals surface area contributed by atoms with Gasteiger partial charge in [-0.05, 0) is 36.8 Å². The Morgan fingerprint density at radius 2 is 2.07 bits per heavy atom. The zero-order valence-corrected chi connectivity index (χ0v) is 15.8. The zero-order chi connectivity index (χ0) is 18.8. The molecule has 27 heavy (non-hydrogen) atoms. The predicted octanol–water partition coefficient (Wildman–Crippen LogP) is 2.56. The second-order valence-corrected chi connectivity index (χ2v) is 7.02. The molecule has 10 heteroatoms. The number of furan rings is 1. The Morgan fingerprint density at radius 1 is 1.26 bits per heavy atom. The van der Waals surface area contributed by atoms with Crippen LogP contribution >= 0.6 is 23.6 Å². The Hall–Kier alpha value is -3.11. The molecule has 0 aliphatic rings. The number of thiocarbonyl (C=S) groups is 1. The number of benzene rings is 1. The lowest BCUT2D eigenvalue weighted by atomic mass is 10.1. The molecular formula is C17H14N6O2S2. The van der Waals surface area contributed by atoms with Crippen molar-refractivity contribution < 1.29 is 9.21 Å². The van der Waals surface area contributed by atoms with E-state index in [1.807, 2.05) is 31.2 Å². The van der Waals surface area contributed by atoms with Crippen molar-refractivity contribution in [1.29, 1.82) is 0 Å². The third kappa shape index (κ3) is 3.71. The zero-order valence-electron chi connectivity index (χ0n) is 14.2. The maximum absolute atomic E-state index is 11.9. The van der Waals surface area contributed by atoms with Crippen molar-refractivity contribution in [3.8, 4) is 10.6 Å². The third-order valence-electron chi connectivity index (χ3n) is 3.77. The number of nitrogens with one attached hydrogen (secondary N) is 2. The quantitative estimate of drug-likeness (QED) is 0.510. The lowest BCUT2D eigenvalue weighted by molar-refractivity contribution is 0.0949. The molecule has 4 rings (SSSR count). The molecule has 2 N–H and O–H groups in total. The Balaban J connectivity index is 1.36. The van der Waals surface area contributed by atoms with Gasteiger partial charge in [0, 0.05) is 12.1 Å². The molecule has 0 unspecified atom stereocenters. The SMILES string of the molecule is Cc1nnc2sc(-c3ccc(CNC(=S)NC(=O)c4ccco4)cc3)nn12. The first-order valence-corrected chi connectivity index (χ1v) is 9.23. The molecule has 0 fully saturated rings. The summed E-state index contributed by atoms with van der Waals surface area (Å²) in [4.78, 5) is 12.6. The fourth-order valence-corrected chi connectivity index (χ4v) is 3.45. The molecule has 0 saturated heterocycles. The molecule has 0 aliphatic heterocycles. The molecule has 8 nitrogen and oxygen atoms in total. The van der Waals surface area contributed by atoms with Crippen molar-refractivity contribution >= 4 is 39.5 Å².